The van der Waals surface area contributed by atoms with Crippen molar-refractivity contribution in [3.05, 3.63) is 0 Å². The molecule has 17 nitrogen and oxygen atoms in total. The molecule has 19 heteroatoms. The van der Waals surface area contributed by atoms with Crippen LogP contribution in [0.15, 0.2) is 0 Å². The predicted molar refractivity (Wildman–Crippen MR) is 395 cm³/mol. The number of carbonyl (C=O) groups excluding carboxylic acids is 4. The van der Waals surface area contributed by atoms with E-state index in [9.17, 15) is 43.2 Å². The maximum atomic E-state index is 13.1. The molecule has 0 heterocycles. The highest BCUT2D eigenvalue weighted by Gasteiger charge is 2.30. The second kappa shape index (κ2) is 72.4. The highest BCUT2D eigenvalue weighted by molar-refractivity contribution is 7.47. The largest absolute Gasteiger partial charge is 0.472 e. The first kappa shape index (κ1) is 95.1. The minimum atomic E-state index is -4.96. The summed E-state index contributed by atoms with van der Waals surface area (Å²) in [6.45, 7) is 4.99. The first-order valence-corrected chi connectivity index (χ1v) is 43.8. The summed E-state index contributed by atoms with van der Waals surface area (Å²) >= 11 is 0. The molecule has 3 N–H and O–H groups in total. The summed E-state index contributed by atoms with van der Waals surface area (Å²) in [5.74, 6) is -2.11. The Morgan fingerprint density at radius 3 is 0.608 bits per heavy atom. The van der Waals surface area contributed by atoms with Gasteiger partial charge in [-0.3, -0.25) is 37.3 Å². The molecule has 0 saturated carbocycles. The molecular weight excluding hydrogens is 1270 g/mol. The summed E-state index contributed by atoms with van der Waals surface area (Å²) in [6.07, 6.45) is 63.8. The van der Waals surface area contributed by atoms with Gasteiger partial charge in [0.2, 0.25) is 0 Å². The van der Waals surface area contributed by atoms with E-state index in [0.29, 0.717) is 25.7 Å². The molecule has 0 aliphatic rings. The van der Waals surface area contributed by atoms with Crippen LogP contribution < -0.4 is 0 Å². The van der Waals surface area contributed by atoms with E-state index in [4.69, 9.17) is 37.0 Å². The number of esters is 4. The van der Waals surface area contributed by atoms with Crippen LogP contribution in [0.1, 0.15) is 419 Å². The first-order chi connectivity index (χ1) is 47.2. The van der Waals surface area contributed by atoms with Crippen molar-refractivity contribution in [1.29, 1.82) is 0 Å². The van der Waals surface area contributed by atoms with Crippen molar-refractivity contribution in [3.8, 4) is 0 Å². The molecule has 0 fully saturated rings. The van der Waals surface area contributed by atoms with Gasteiger partial charge in [0, 0.05) is 25.7 Å². The zero-order valence-corrected chi connectivity index (χ0v) is 64.8. The number of carbonyl (C=O) groups is 4. The number of phosphoric acid groups is 2. The summed E-state index contributed by atoms with van der Waals surface area (Å²) in [5, 5.41) is 10.6. The molecule has 576 valence electrons. The molecule has 0 aliphatic heterocycles. The monoisotopic (exact) mass is 1420 g/mol. The molecule has 0 aromatic carbocycles. The zero-order valence-electron chi connectivity index (χ0n) is 63.1. The van der Waals surface area contributed by atoms with Crippen LogP contribution in [0.5, 0.6) is 0 Å². The Morgan fingerprint density at radius 1 is 0.247 bits per heavy atom. The first-order valence-electron chi connectivity index (χ1n) is 40.8. The predicted octanol–water partition coefficient (Wildman–Crippen LogP) is 23.4. The normalized spacial score (nSPS) is 13.8. The van der Waals surface area contributed by atoms with Gasteiger partial charge in [0.05, 0.1) is 26.4 Å². The fourth-order valence-corrected chi connectivity index (χ4v) is 13.7. The van der Waals surface area contributed by atoms with Gasteiger partial charge in [-0.05, 0) is 25.7 Å². The molecule has 2 unspecified atom stereocenters. The van der Waals surface area contributed by atoms with Gasteiger partial charge in [-0.1, -0.05) is 368 Å². The Kier molecular flexibility index (Phi) is 71.0. The Labute approximate surface area is 594 Å². The van der Waals surface area contributed by atoms with Gasteiger partial charge < -0.3 is 33.8 Å². The molecule has 0 rings (SSSR count). The standard InChI is InChI=1S/C78H152O17P2/c1-5-9-13-17-21-25-28-31-34-36-37-40-43-46-49-53-57-61-65-78(83)95-74(69-89-76(81)63-59-55-51-47-44-41-39-35-32-29-26-22-18-14-10-6-2)71-93-97(86,87)91-67-72(79)66-90-96(84,85)92-70-73(68-88-75(80)62-58-54-50-24-20-16-12-8-4)94-77(82)64-60-56-52-48-45-42-38-33-30-27-23-19-15-11-7-3/h72-74,79H,5-71H2,1-4H3,(H,84,85)(H,86,87)/t72-,73+,74+/m0/s1. The number of unbranched alkanes of at least 4 members (excludes halogenated alkanes) is 53. The zero-order chi connectivity index (χ0) is 71.1. The minimum Gasteiger partial charge on any atom is -0.462 e. The minimum absolute atomic E-state index is 0.109. The van der Waals surface area contributed by atoms with Gasteiger partial charge in [-0.15, -0.1) is 0 Å². The number of rotatable bonds is 79. The third kappa shape index (κ3) is 72.2. The van der Waals surface area contributed by atoms with Gasteiger partial charge in [-0.2, -0.15) is 0 Å². The van der Waals surface area contributed by atoms with Crippen LogP contribution in [0.25, 0.3) is 0 Å². The van der Waals surface area contributed by atoms with Crippen molar-refractivity contribution in [1.82, 2.24) is 0 Å². The van der Waals surface area contributed by atoms with Crippen molar-refractivity contribution in [2.75, 3.05) is 39.6 Å². The van der Waals surface area contributed by atoms with Gasteiger partial charge in [0.1, 0.15) is 19.3 Å². The van der Waals surface area contributed by atoms with Crippen LogP contribution in [0.3, 0.4) is 0 Å². The molecular formula is C78H152O17P2. The van der Waals surface area contributed by atoms with Crippen molar-refractivity contribution < 1.29 is 80.2 Å². The van der Waals surface area contributed by atoms with Crippen LogP contribution in [0, 0.1) is 0 Å². The molecule has 0 aromatic rings. The number of hydrogen-bond acceptors (Lipinski definition) is 15. The number of phosphoric ester groups is 2. The number of hydrogen-bond donors (Lipinski definition) is 3. The van der Waals surface area contributed by atoms with Crippen molar-refractivity contribution >= 4 is 39.5 Å². The van der Waals surface area contributed by atoms with Crippen LogP contribution >= 0.6 is 15.6 Å². The molecule has 0 bridgehead atoms. The van der Waals surface area contributed by atoms with E-state index < -0.39 is 97.5 Å². The second-order valence-corrected chi connectivity index (χ2v) is 31.0. The van der Waals surface area contributed by atoms with Crippen LogP contribution in [-0.2, 0) is 65.4 Å². The van der Waals surface area contributed by atoms with Gasteiger partial charge in [0.15, 0.2) is 12.2 Å². The molecule has 5 atom stereocenters. The Bertz CT molecular complexity index is 1840. The lowest BCUT2D eigenvalue weighted by Crippen LogP contribution is -2.30. The van der Waals surface area contributed by atoms with Crippen molar-refractivity contribution in [3.63, 3.8) is 0 Å². The van der Waals surface area contributed by atoms with E-state index >= 15 is 0 Å². The van der Waals surface area contributed by atoms with Crippen molar-refractivity contribution in [2.45, 2.75) is 438 Å². The molecule has 0 spiro atoms. The SMILES string of the molecule is CCCCCCCCCCCCCCCCCCCCC(=O)O[C@H](COC(=O)CCCCCCCCCCCCCCCCCC)COP(=O)(O)OC[C@@H](O)COP(=O)(O)OC[C@@H](COC(=O)CCCCCCCCCC)OC(=O)CCCCCCCCCCCCCCCCC. The van der Waals surface area contributed by atoms with E-state index in [-0.39, 0.29) is 25.7 Å². The smallest absolute Gasteiger partial charge is 0.462 e. The molecule has 0 amide bonds. The van der Waals surface area contributed by atoms with Gasteiger partial charge >= 0.3 is 39.5 Å². The Balaban J connectivity index is 5.20. The van der Waals surface area contributed by atoms with Crippen LogP contribution in [0.2, 0.25) is 0 Å². The second-order valence-electron chi connectivity index (χ2n) is 28.1. The van der Waals surface area contributed by atoms with Gasteiger partial charge in [-0.25, -0.2) is 9.13 Å². The average Bonchev–Trinajstić information content (AvgIpc) is 1.03. The molecule has 0 saturated heterocycles. The number of aliphatic hydroxyl groups excluding tert-OH is 1. The maximum absolute atomic E-state index is 13.1. The summed E-state index contributed by atoms with van der Waals surface area (Å²) < 4.78 is 68.6. The average molecular weight is 1420 g/mol. The summed E-state index contributed by atoms with van der Waals surface area (Å²) in [4.78, 5) is 72.8. The summed E-state index contributed by atoms with van der Waals surface area (Å²) in [6, 6.07) is 0. The summed E-state index contributed by atoms with van der Waals surface area (Å²) in [7, 11) is -9.91. The number of ether oxygens (including phenoxy) is 4. The quantitative estimate of drug-likeness (QED) is 0.0222. The molecule has 0 aliphatic carbocycles. The van der Waals surface area contributed by atoms with Crippen LogP contribution in [0.4, 0.5) is 0 Å². The van der Waals surface area contributed by atoms with Crippen molar-refractivity contribution in [2.24, 2.45) is 0 Å². The molecule has 0 aromatic heterocycles. The summed E-state index contributed by atoms with van der Waals surface area (Å²) in [5.41, 5.74) is 0. The fourth-order valence-electron chi connectivity index (χ4n) is 12.1. The third-order valence-corrected chi connectivity index (χ3v) is 20.3. The Hall–Kier alpha value is -1.94. The maximum Gasteiger partial charge on any atom is 0.472 e. The highest BCUT2D eigenvalue weighted by atomic mass is 31.2. The fraction of sp³-hybridized carbons (Fsp3) is 0.949. The Morgan fingerprint density at radius 2 is 0.412 bits per heavy atom. The molecule has 0 radical (unpaired) electrons. The van der Waals surface area contributed by atoms with E-state index in [1.165, 1.54) is 250 Å². The topological polar surface area (TPSA) is 237 Å². The van der Waals surface area contributed by atoms with Gasteiger partial charge in [0.25, 0.3) is 0 Å². The van der Waals surface area contributed by atoms with E-state index in [0.717, 1.165) is 89.9 Å². The highest BCUT2D eigenvalue weighted by Crippen LogP contribution is 2.45. The van der Waals surface area contributed by atoms with E-state index in [1.807, 2.05) is 0 Å². The van der Waals surface area contributed by atoms with E-state index in [1.54, 1.807) is 0 Å². The lowest BCUT2D eigenvalue weighted by molar-refractivity contribution is -0.161. The third-order valence-electron chi connectivity index (χ3n) is 18.4. The lowest BCUT2D eigenvalue weighted by Gasteiger charge is -2.21. The lowest BCUT2D eigenvalue weighted by atomic mass is 10.0. The molecule has 97 heavy (non-hydrogen) atoms. The van der Waals surface area contributed by atoms with Crippen LogP contribution in [-0.4, -0.2) is 96.7 Å². The number of aliphatic hydroxyl groups is 1. The van der Waals surface area contributed by atoms with E-state index in [2.05, 4.69) is 27.7 Å².